The molecule has 1 heterocycles. The smallest absolute Gasteiger partial charge is 0.0526 e. The fourth-order valence-corrected chi connectivity index (χ4v) is 2.26. The van der Waals surface area contributed by atoms with Crippen LogP contribution in [0.25, 0.3) is 0 Å². The molecule has 0 radical (unpaired) electrons. The summed E-state index contributed by atoms with van der Waals surface area (Å²) in [7, 11) is 0. The Bertz CT molecular complexity index is 379. The number of thioether (sulfide) groups is 1. The van der Waals surface area contributed by atoms with Gasteiger partial charge in [0.05, 0.1) is 5.69 Å². The maximum Gasteiger partial charge on any atom is 0.0526 e. The van der Waals surface area contributed by atoms with E-state index in [0.717, 1.165) is 5.70 Å². The zero-order chi connectivity index (χ0) is 9.26. The molecule has 0 amide bonds. The van der Waals surface area contributed by atoms with Crippen molar-refractivity contribution in [2.75, 3.05) is 5.32 Å². The van der Waals surface area contributed by atoms with E-state index in [1.54, 1.807) is 11.8 Å². The van der Waals surface area contributed by atoms with Gasteiger partial charge in [-0.3, -0.25) is 0 Å². The third-order valence-electron chi connectivity index (χ3n) is 2.00. The fourth-order valence-electron chi connectivity index (χ4n) is 1.31. The molecule has 0 atom stereocenters. The van der Waals surface area contributed by atoms with Gasteiger partial charge in [-0.2, -0.15) is 0 Å². The monoisotopic (exact) mass is 189 g/mol. The van der Waals surface area contributed by atoms with Crippen LogP contribution in [0.3, 0.4) is 0 Å². The summed E-state index contributed by atoms with van der Waals surface area (Å²) >= 11 is 1.79. The molecule has 66 valence electrons. The first-order valence-electron chi connectivity index (χ1n) is 4.18. The summed E-state index contributed by atoms with van der Waals surface area (Å²) < 4.78 is 0. The number of fused-ring (bicyclic) bond motifs is 1. The molecule has 2 heteroatoms. The van der Waals surface area contributed by atoms with E-state index in [4.69, 9.17) is 0 Å². The van der Waals surface area contributed by atoms with Gasteiger partial charge in [-0.15, -0.1) is 0 Å². The van der Waals surface area contributed by atoms with Gasteiger partial charge in [0.15, 0.2) is 0 Å². The number of hydrogen-bond acceptors (Lipinski definition) is 2. The molecule has 13 heavy (non-hydrogen) atoms. The van der Waals surface area contributed by atoms with E-state index >= 15 is 0 Å². The van der Waals surface area contributed by atoms with E-state index in [0.29, 0.717) is 0 Å². The summed E-state index contributed by atoms with van der Waals surface area (Å²) in [6, 6.07) is 8.29. The average molecular weight is 189 g/mol. The van der Waals surface area contributed by atoms with Gasteiger partial charge in [0.2, 0.25) is 0 Å². The van der Waals surface area contributed by atoms with E-state index in [2.05, 4.69) is 37.0 Å². The highest BCUT2D eigenvalue weighted by Gasteiger charge is 2.12. The van der Waals surface area contributed by atoms with E-state index in [1.165, 1.54) is 15.5 Å². The molecule has 0 aromatic heterocycles. The van der Waals surface area contributed by atoms with Crippen molar-refractivity contribution in [1.82, 2.24) is 0 Å². The molecule has 0 unspecified atom stereocenters. The Labute approximate surface area is 82.5 Å². The molecule has 1 aromatic carbocycles. The van der Waals surface area contributed by atoms with Crippen molar-refractivity contribution in [3.8, 4) is 0 Å². The molecular weight excluding hydrogens is 178 g/mol. The summed E-state index contributed by atoms with van der Waals surface area (Å²) in [6.07, 6.45) is 1.86. The average Bonchev–Trinajstić information content (AvgIpc) is 2.17. The quantitative estimate of drug-likeness (QED) is 0.724. The van der Waals surface area contributed by atoms with Gasteiger partial charge in [0.1, 0.15) is 0 Å². The Morgan fingerprint density at radius 1 is 1.38 bits per heavy atom. The van der Waals surface area contributed by atoms with Crippen molar-refractivity contribution in [3.63, 3.8) is 0 Å². The maximum atomic E-state index is 3.77. The van der Waals surface area contributed by atoms with Crippen LogP contribution in [0.5, 0.6) is 0 Å². The van der Waals surface area contributed by atoms with Gasteiger partial charge >= 0.3 is 0 Å². The van der Waals surface area contributed by atoms with Crippen LogP contribution in [-0.4, -0.2) is 0 Å². The highest BCUT2D eigenvalue weighted by atomic mass is 32.2. The van der Waals surface area contributed by atoms with Crippen LogP contribution in [0.2, 0.25) is 0 Å². The molecule has 1 aromatic rings. The lowest BCUT2D eigenvalue weighted by molar-refractivity contribution is 1.32. The molecule has 0 aliphatic carbocycles. The van der Waals surface area contributed by atoms with Crippen LogP contribution in [0.4, 0.5) is 5.69 Å². The Morgan fingerprint density at radius 2 is 2.15 bits per heavy atom. The molecule has 0 saturated heterocycles. The molecule has 0 saturated carbocycles. The van der Waals surface area contributed by atoms with Crippen LogP contribution >= 0.6 is 11.8 Å². The Balaban J connectivity index is 2.42. The molecular formula is C11H11NS. The summed E-state index contributed by atoms with van der Waals surface area (Å²) in [4.78, 5) is 2.55. The van der Waals surface area contributed by atoms with E-state index in [9.17, 15) is 0 Å². The maximum absolute atomic E-state index is 3.77. The van der Waals surface area contributed by atoms with Gasteiger partial charge in [0, 0.05) is 15.5 Å². The molecule has 1 N–H and O–H groups in total. The first kappa shape index (κ1) is 8.45. The minimum absolute atomic E-state index is 1.11. The molecule has 0 spiro atoms. The lowest BCUT2D eigenvalue weighted by Crippen LogP contribution is -2.03. The van der Waals surface area contributed by atoms with Crippen molar-refractivity contribution < 1.29 is 0 Å². The summed E-state index contributed by atoms with van der Waals surface area (Å²) in [6.45, 7) is 5.88. The molecule has 0 bridgehead atoms. The number of rotatable bonds is 1. The zero-order valence-electron chi connectivity index (χ0n) is 7.50. The second-order valence-electron chi connectivity index (χ2n) is 2.90. The normalized spacial score (nSPS) is 14.8. The number of nitrogens with one attached hydrogen (secondary N) is 1. The largest absolute Gasteiger partial charge is 0.354 e. The van der Waals surface area contributed by atoms with Crippen LogP contribution in [0.15, 0.2) is 52.4 Å². The van der Waals surface area contributed by atoms with Gasteiger partial charge in [-0.25, -0.2) is 0 Å². The van der Waals surface area contributed by atoms with Crippen molar-refractivity contribution in [2.45, 2.75) is 11.8 Å². The SMILES string of the molecule is C=CC1=C(C)Sc2ccccc2N1. The fraction of sp³-hybridized carbons (Fsp3) is 0.0909. The summed E-state index contributed by atoms with van der Waals surface area (Å²) in [5.74, 6) is 0. The predicted octanol–water partition coefficient (Wildman–Crippen LogP) is 3.62. The van der Waals surface area contributed by atoms with Crippen molar-refractivity contribution in [3.05, 3.63) is 47.5 Å². The number of hydrogen-bond donors (Lipinski definition) is 1. The van der Waals surface area contributed by atoms with Crippen LogP contribution in [0, 0.1) is 0 Å². The van der Waals surface area contributed by atoms with E-state index in [-0.39, 0.29) is 0 Å². The van der Waals surface area contributed by atoms with Gasteiger partial charge in [-0.1, -0.05) is 30.5 Å². The van der Waals surface area contributed by atoms with Crippen LogP contribution in [0.1, 0.15) is 6.92 Å². The first-order valence-corrected chi connectivity index (χ1v) is 5.00. The second kappa shape index (κ2) is 3.30. The minimum atomic E-state index is 1.11. The van der Waals surface area contributed by atoms with Crippen molar-refractivity contribution in [1.29, 1.82) is 0 Å². The molecule has 2 rings (SSSR count). The molecule has 1 nitrogen and oxygen atoms in total. The number of allylic oxidation sites excluding steroid dienone is 2. The number of anilines is 1. The number of para-hydroxylation sites is 1. The topological polar surface area (TPSA) is 12.0 Å². The highest BCUT2D eigenvalue weighted by Crippen LogP contribution is 2.38. The molecule has 1 aliphatic rings. The zero-order valence-corrected chi connectivity index (χ0v) is 8.32. The first-order chi connectivity index (χ1) is 6.31. The third kappa shape index (κ3) is 1.49. The van der Waals surface area contributed by atoms with Crippen molar-refractivity contribution >= 4 is 17.4 Å². The Morgan fingerprint density at radius 3 is 2.92 bits per heavy atom. The van der Waals surface area contributed by atoms with Gasteiger partial charge in [0.25, 0.3) is 0 Å². The summed E-state index contributed by atoms with van der Waals surface area (Å²) in [5, 5.41) is 3.34. The Kier molecular flexibility index (Phi) is 2.15. The van der Waals surface area contributed by atoms with Crippen molar-refractivity contribution in [2.24, 2.45) is 0 Å². The number of benzene rings is 1. The molecule has 1 aliphatic heterocycles. The van der Waals surface area contributed by atoms with Gasteiger partial charge in [-0.05, 0) is 25.1 Å². The van der Waals surface area contributed by atoms with E-state index < -0.39 is 0 Å². The summed E-state index contributed by atoms with van der Waals surface area (Å²) in [5.41, 5.74) is 2.29. The minimum Gasteiger partial charge on any atom is -0.354 e. The highest BCUT2D eigenvalue weighted by molar-refractivity contribution is 8.03. The lowest BCUT2D eigenvalue weighted by atomic mass is 10.3. The predicted molar refractivity (Wildman–Crippen MR) is 58.8 cm³/mol. The van der Waals surface area contributed by atoms with E-state index in [1.807, 2.05) is 12.1 Å². The second-order valence-corrected chi connectivity index (χ2v) is 4.15. The Hall–Kier alpha value is -1.15. The van der Waals surface area contributed by atoms with Gasteiger partial charge < -0.3 is 5.32 Å². The van der Waals surface area contributed by atoms with Crippen LogP contribution in [-0.2, 0) is 0 Å². The molecule has 0 fully saturated rings. The lowest BCUT2D eigenvalue weighted by Gasteiger charge is -2.19. The van der Waals surface area contributed by atoms with Crippen LogP contribution < -0.4 is 5.32 Å². The third-order valence-corrected chi connectivity index (χ3v) is 3.10. The standard InChI is InChI=1S/C11H11NS/c1-3-9-8(2)13-11-7-5-4-6-10(11)12-9/h3-7,12H,1H2,2H3.